The summed E-state index contributed by atoms with van der Waals surface area (Å²) in [5.74, 6) is 0.112. The Morgan fingerprint density at radius 2 is 2.10 bits per heavy atom. The van der Waals surface area contributed by atoms with Crippen LogP contribution in [-0.2, 0) is 4.79 Å². The summed E-state index contributed by atoms with van der Waals surface area (Å²) in [6.07, 6.45) is 5.06. The maximum absolute atomic E-state index is 11.5. The van der Waals surface area contributed by atoms with E-state index in [4.69, 9.17) is 4.98 Å². The van der Waals surface area contributed by atoms with Gasteiger partial charge in [-0.2, -0.15) is 0 Å². The van der Waals surface area contributed by atoms with Gasteiger partial charge in [0.25, 0.3) is 0 Å². The molecular weight excluding hydrogens is 332 g/mol. The lowest BCUT2D eigenvalue weighted by molar-refractivity contribution is -0.142. The van der Waals surface area contributed by atoms with E-state index in [0.29, 0.717) is 6.04 Å². The first-order valence-electron chi connectivity index (χ1n) is 7.55. The zero-order chi connectivity index (χ0) is 14.6. The van der Waals surface area contributed by atoms with Crippen molar-refractivity contribution in [2.24, 2.45) is 5.92 Å². The molecule has 2 unspecified atom stereocenters. The molecule has 1 aromatic heterocycles. The van der Waals surface area contributed by atoms with E-state index in [1.807, 2.05) is 12.1 Å². The van der Waals surface area contributed by atoms with Crippen LogP contribution in [0.5, 0.6) is 0 Å². The Bertz CT molecular complexity index is 720. The van der Waals surface area contributed by atoms with Crippen molar-refractivity contribution in [3.63, 3.8) is 0 Å². The van der Waals surface area contributed by atoms with Crippen LogP contribution >= 0.6 is 15.9 Å². The topological polar surface area (TPSA) is 55.1 Å². The van der Waals surface area contributed by atoms with Gasteiger partial charge in [-0.05, 0) is 43.9 Å². The van der Waals surface area contributed by atoms with E-state index < -0.39 is 5.97 Å². The first-order chi connectivity index (χ1) is 10.1. The van der Waals surface area contributed by atoms with Crippen LogP contribution in [0.4, 0.5) is 0 Å². The number of aliphatic carboxylic acids is 1. The molecule has 1 aromatic carbocycles. The molecule has 0 amide bonds. The average Bonchev–Trinajstić information content (AvgIpc) is 3.03. The summed E-state index contributed by atoms with van der Waals surface area (Å²) < 4.78 is 3.33. The summed E-state index contributed by atoms with van der Waals surface area (Å²) in [6, 6.07) is 6.68. The van der Waals surface area contributed by atoms with Gasteiger partial charge in [-0.15, -0.1) is 0 Å². The van der Waals surface area contributed by atoms with Crippen LogP contribution in [0.25, 0.3) is 11.0 Å². The quantitative estimate of drug-likeness (QED) is 0.908. The Morgan fingerprint density at radius 3 is 2.81 bits per heavy atom. The maximum atomic E-state index is 11.5. The van der Waals surface area contributed by atoms with Crippen molar-refractivity contribution in [3.05, 3.63) is 28.5 Å². The van der Waals surface area contributed by atoms with Crippen molar-refractivity contribution in [1.29, 1.82) is 0 Å². The van der Waals surface area contributed by atoms with Crippen LogP contribution in [0, 0.1) is 5.92 Å². The molecule has 4 nitrogen and oxygen atoms in total. The molecule has 4 rings (SSSR count). The fourth-order valence-corrected chi connectivity index (χ4v) is 3.98. The Labute approximate surface area is 131 Å². The second kappa shape index (κ2) is 4.83. The normalized spacial score (nSPS) is 25.6. The minimum absolute atomic E-state index is 0.0641. The summed E-state index contributed by atoms with van der Waals surface area (Å²) in [4.78, 5) is 16.3. The van der Waals surface area contributed by atoms with E-state index in [1.165, 1.54) is 12.8 Å². The first kappa shape index (κ1) is 13.3. The smallest absolute Gasteiger partial charge is 0.307 e. The van der Waals surface area contributed by atoms with Gasteiger partial charge < -0.3 is 9.67 Å². The lowest BCUT2D eigenvalue weighted by Gasteiger charge is -2.17. The van der Waals surface area contributed by atoms with Crippen molar-refractivity contribution >= 4 is 32.9 Å². The minimum Gasteiger partial charge on any atom is -0.481 e. The van der Waals surface area contributed by atoms with Gasteiger partial charge in [0.05, 0.1) is 17.0 Å². The number of carboxylic acids is 1. The summed E-state index contributed by atoms with van der Waals surface area (Å²) in [5, 5.41) is 9.46. The molecule has 2 aliphatic carbocycles. The molecule has 0 radical (unpaired) electrons. The Kier molecular flexibility index (Phi) is 3.06. The van der Waals surface area contributed by atoms with Gasteiger partial charge in [-0.1, -0.05) is 22.4 Å². The molecule has 0 spiro atoms. The average molecular weight is 349 g/mol. The highest BCUT2D eigenvalue weighted by Gasteiger charge is 2.39. The lowest BCUT2D eigenvalue weighted by Crippen LogP contribution is -2.20. The van der Waals surface area contributed by atoms with Gasteiger partial charge in [0, 0.05) is 16.4 Å². The highest BCUT2D eigenvalue weighted by molar-refractivity contribution is 9.10. The molecule has 2 atom stereocenters. The van der Waals surface area contributed by atoms with Crippen LogP contribution in [0.2, 0.25) is 0 Å². The minimum atomic E-state index is -0.673. The van der Waals surface area contributed by atoms with E-state index in [0.717, 1.165) is 40.6 Å². The number of hydrogen-bond acceptors (Lipinski definition) is 2. The Morgan fingerprint density at radius 1 is 1.29 bits per heavy atom. The molecule has 0 aliphatic heterocycles. The zero-order valence-electron chi connectivity index (χ0n) is 11.6. The number of rotatable bonds is 3. The van der Waals surface area contributed by atoms with E-state index in [-0.39, 0.29) is 11.8 Å². The van der Waals surface area contributed by atoms with E-state index in [9.17, 15) is 9.90 Å². The number of halogens is 1. The Balaban J connectivity index is 1.87. The highest BCUT2D eigenvalue weighted by Crippen LogP contribution is 2.45. The molecule has 2 saturated carbocycles. The predicted molar refractivity (Wildman–Crippen MR) is 83.4 cm³/mol. The van der Waals surface area contributed by atoms with Crippen LogP contribution in [0.15, 0.2) is 22.7 Å². The second-order valence-electron chi connectivity index (χ2n) is 6.19. The molecule has 0 bridgehead atoms. The molecule has 2 aliphatic rings. The Hall–Kier alpha value is -1.36. The van der Waals surface area contributed by atoms with Gasteiger partial charge in [0.2, 0.25) is 0 Å². The van der Waals surface area contributed by atoms with Crippen LogP contribution in [-0.4, -0.2) is 20.6 Å². The third-order valence-corrected chi connectivity index (χ3v) is 5.25. The SMILES string of the molecule is O=C(O)C1CCCC1c1nc2cc(Br)ccc2n1C1CC1. The number of nitrogens with zero attached hydrogens (tertiary/aromatic N) is 2. The van der Waals surface area contributed by atoms with Crippen LogP contribution in [0.3, 0.4) is 0 Å². The summed E-state index contributed by atoms with van der Waals surface area (Å²) in [7, 11) is 0. The summed E-state index contributed by atoms with van der Waals surface area (Å²) >= 11 is 3.49. The molecule has 1 N–H and O–H groups in total. The fraction of sp³-hybridized carbons (Fsp3) is 0.500. The van der Waals surface area contributed by atoms with Crippen molar-refractivity contribution in [1.82, 2.24) is 9.55 Å². The summed E-state index contributed by atoms with van der Waals surface area (Å²) in [6.45, 7) is 0. The molecule has 0 saturated heterocycles. The first-order valence-corrected chi connectivity index (χ1v) is 8.34. The zero-order valence-corrected chi connectivity index (χ0v) is 13.2. The molecule has 21 heavy (non-hydrogen) atoms. The van der Waals surface area contributed by atoms with Crippen LogP contribution in [0.1, 0.15) is 49.9 Å². The number of carboxylic acid groups (broad SMARTS) is 1. The molecular formula is C16H17BrN2O2. The van der Waals surface area contributed by atoms with Crippen molar-refractivity contribution < 1.29 is 9.90 Å². The van der Waals surface area contributed by atoms with Crippen molar-refractivity contribution in [2.45, 2.75) is 44.1 Å². The summed E-state index contributed by atoms with van der Waals surface area (Å²) in [5.41, 5.74) is 2.12. The van der Waals surface area contributed by atoms with Crippen LogP contribution < -0.4 is 0 Å². The number of aromatic nitrogens is 2. The van der Waals surface area contributed by atoms with E-state index in [1.54, 1.807) is 0 Å². The third kappa shape index (κ3) is 2.18. The molecule has 5 heteroatoms. The van der Waals surface area contributed by atoms with E-state index in [2.05, 4.69) is 26.6 Å². The number of fused-ring (bicyclic) bond motifs is 1. The lowest BCUT2D eigenvalue weighted by atomic mass is 9.95. The highest BCUT2D eigenvalue weighted by atomic mass is 79.9. The maximum Gasteiger partial charge on any atom is 0.307 e. The van der Waals surface area contributed by atoms with E-state index >= 15 is 0 Å². The monoisotopic (exact) mass is 348 g/mol. The van der Waals surface area contributed by atoms with Gasteiger partial charge >= 0.3 is 5.97 Å². The van der Waals surface area contributed by atoms with Crippen molar-refractivity contribution in [3.8, 4) is 0 Å². The molecule has 2 fully saturated rings. The standard InChI is InChI=1S/C16H17BrN2O2/c17-9-4-7-14-13(8-9)18-15(19(14)10-5-6-10)11-2-1-3-12(11)16(20)21/h4,7-8,10-12H,1-3,5-6H2,(H,20,21). The number of benzene rings is 1. The third-order valence-electron chi connectivity index (χ3n) is 4.76. The number of imidazole rings is 1. The largest absolute Gasteiger partial charge is 0.481 e. The van der Waals surface area contributed by atoms with Gasteiger partial charge in [0.1, 0.15) is 5.82 Å². The number of carbonyl (C=O) groups is 1. The fourth-order valence-electron chi connectivity index (χ4n) is 3.63. The molecule has 2 aromatic rings. The second-order valence-corrected chi connectivity index (χ2v) is 7.10. The number of hydrogen-bond donors (Lipinski definition) is 1. The van der Waals surface area contributed by atoms with Gasteiger partial charge in [-0.25, -0.2) is 4.98 Å². The molecule has 1 heterocycles. The van der Waals surface area contributed by atoms with Gasteiger partial charge in [-0.3, -0.25) is 4.79 Å². The molecule has 110 valence electrons. The van der Waals surface area contributed by atoms with Crippen molar-refractivity contribution in [2.75, 3.05) is 0 Å². The predicted octanol–water partition coefficient (Wildman–Crippen LogP) is 4.10. The van der Waals surface area contributed by atoms with Gasteiger partial charge in [0.15, 0.2) is 0 Å².